The predicted molar refractivity (Wildman–Crippen MR) is 221 cm³/mol. The Kier molecular flexibility index (Phi) is 23.2. The molecule has 0 spiro atoms. The minimum absolute atomic E-state index is 0.00521. The van der Waals surface area contributed by atoms with E-state index in [1.54, 1.807) is 53.6 Å². The third kappa shape index (κ3) is 16.2. The number of carboxylic acid groups (broad SMARTS) is 1. The first-order chi connectivity index (χ1) is 30.0. The van der Waals surface area contributed by atoms with Gasteiger partial charge in [-0.2, -0.15) is 0 Å². The van der Waals surface area contributed by atoms with Gasteiger partial charge in [0.1, 0.15) is 18.3 Å². The van der Waals surface area contributed by atoms with Crippen molar-refractivity contribution in [2.24, 2.45) is 11.8 Å². The molecule has 2 heterocycles. The van der Waals surface area contributed by atoms with Gasteiger partial charge >= 0.3 is 35.8 Å². The Labute approximate surface area is 375 Å². The van der Waals surface area contributed by atoms with Crippen LogP contribution in [0.2, 0.25) is 0 Å². The van der Waals surface area contributed by atoms with E-state index in [1.165, 1.54) is 42.1 Å². The molecule has 2 rings (SSSR count). The van der Waals surface area contributed by atoms with E-state index in [0.717, 1.165) is 6.92 Å². The van der Waals surface area contributed by atoms with E-state index in [1.807, 2.05) is 0 Å². The normalized spacial score (nSPS) is 28.8. The summed E-state index contributed by atoms with van der Waals surface area (Å²) in [5.41, 5.74) is -1.38. The van der Waals surface area contributed by atoms with E-state index in [4.69, 9.17) is 56.8 Å². The van der Waals surface area contributed by atoms with Crippen LogP contribution < -0.4 is 0 Å². The van der Waals surface area contributed by atoms with E-state index in [-0.39, 0.29) is 32.1 Å². The Morgan fingerprint density at radius 2 is 1.44 bits per heavy atom. The Morgan fingerprint density at radius 1 is 0.812 bits per heavy atom. The van der Waals surface area contributed by atoms with E-state index in [2.05, 4.69) is 0 Å². The Morgan fingerprint density at radius 3 is 1.92 bits per heavy atom. The van der Waals surface area contributed by atoms with Crippen molar-refractivity contribution >= 4 is 42.1 Å². The smallest absolute Gasteiger partial charge is 0.307 e. The summed E-state index contributed by atoms with van der Waals surface area (Å²) in [7, 11) is 7.49. The van der Waals surface area contributed by atoms with Crippen molar-refractivity contribution in [3.8, 4) is 0 Å². The summed E-state index contributed by atoms with van der Waals surface area (Å²) >= 11 is 0. The Bertz CT molecular complexity index is 1540. The highest BCUT2D eigenvalue weighted by Gasteiger charge is 2.55. The highest BCUT2D eigenvalue weighted by atomic mass is 16.7. The number of carboxylic acids is 1. The lowest BCUT2D eigenvalue weighted by molar-refractivity contribution is -0.346. The number of ether oxygens (including phenoxy) is 12. The average molecular weight is 922 g/mol. The van der Waals surface area contributed by atoms with Crippen molar-refractivity contribution in [1.82, 2.24) is 4.90 Å². The zero-order chi connectivity index (χ0) is 48.6. The molecule has 21 nitrogen and oxygen atoms in total. The molecule has 2 aliphatic heterocycles. The van der Waals surface area contributed by atoms with Crippen LogP contribution in [0.4, 0.5) is 0 Å². The SMILES string of the molecule is CCC(=O)O[C@H](CC(=O)O)[C@H](OC)[C@@H](O[C@@H]1OC(C)[C@H](O[C@H]2CC(C)(OC(C)=O)[C@@H](OC(=O)CC)C(C)O2)C(N(C)C)C1OC(C)=O)[C@@H](CC(OC)OC)C[C@@H](C)[C@@H](C=O)OC(C)=O. The molecule has 64 heavy (non-hydrogen) atoms. The van der Waals surface area contributed by atoms with Crippen molar-refractivity contribution in [2.75, 3.05) is 35.4 Å². The first-order valence-corrected chi connectivity index (χ1v) is 21.5. The molecule has 2 fully saturated rings. The molecule has 2 aliphatic rings. The number of rotatable bonds is 26. The molecule has 2 saturated heterocycles. The highest BCUT2D eigenvalue weighted by molar-refractivity contribution is 5.72. The second kappa shape index (κ2) is 26.3. The summed E-state index contributed by atoms with van der Waals surface area (Å²) in [6.45, 7) is 13.4. The maximum absolute atomic E-state index is 13.0. The molecule has 0 aromatic carbocycles. The van der Waals surface area contributed by atoms with Crippen molar-refractivity contribution in [1.29, 1.82) is 0 Å². The van der Waals surface area contributed by atoms with Gasteiger partial charge in [-0.1, -0.05) is 20.8 Å². The second-order valence-corrected chi connectivity index (χ2v) is 16.6. The third-order valence-electron chi connectivity index (χ3n) is 11.2. The largest absolute Gasteiger partial charge is 0.481 e. The van der Waals surface area contributed by atoms with Crippen LogP contribution in [-0.4, -0.2) is 173 Å². The average Bonchev–Trinajstić information content (AvgIpc) is 3.19. The number of aliphatic carboxylic acids is 1. The van der Waals surface area contributed by atoms with Crippen molar-refractivity contribution in [2.45, 2.75) is 186 Å². The minimum atomic E-state index is -1.46. The number of hydrogen-bond donors (Lipinski definition) is 1. The monoisotopic (exact) mass is 921 g/mol. The van der Waals surface area contributed by atoms with Crippen LogP contribution in [0.15, 0.2) is 0 Å². The highest BCUT2D eigenvalue weighted by Crippen LogP contribution is 2.40. The number of hydrogen-bond acceptors (Lipinski definition) is 20. The fourth-order valence-electron chi connectivity index (χ4n) is 8.37. The van der Waals surface area contributed by atoms with Gasteiger partial charge < -0.3 is 66.8 Å². The van der Waals surface area contributed by atoms with Crippen LogP contribution >= 0.6 is 0 Å². The van der Waals surface area contributed by atoms with Gasteiger partial charge in [0, 0.05) is 73.7 Å². The van der Waals surface area contributed by atoms with Crippen LogP contribution in [-0.2, 0) is 90.4 Å². The molecular formula is C43H71NO20. The Balaban J connectivity index is 2.81. The maximum atomic E-state index is 13.0. The number of methoxy groups -OCH3 is 3. The lowest BCUT2D eigenvalue weighted by Crippen LogP contribution is -2.67. The fraction of sp³-hybridized carbons (Fsp3) is 0.837. The van der Waals surface area contributed by atoms with Gasteiger partial charge in [0.05, 0.1) is 30.8 Å². The molecule has 0 aromatic rings. The van der Waals surface area contributed by atoms with E-state index < -0.39 is 140 Å². The molecule has 0 radical (unpaired) electrons. The first-order valence-electron chi connectivity index (χ1n) is 21.5. The van der Waals surface area contributed by atoms with Crippen molar-refractivity contribution < 1.29 is 95.5 Å². The molecule has 368 valence electrons. The summed E-state index contributed by atoms with van der Waals surface area (Å²) in [5.74, 6) is -6.16. The molecule has 0 amide bonds. The predicted octanol–water partition coefficient (Wildman–Crippen LogP) is 2.74. The van der Waals surface area contributed by atoms with Crippen molar-refractivity contribution in [3.05, 3.63) is 0 Å². The number of carbonyl (C=O) groups excluding carboxylic acids is 6. The topological polar surface area (TPSA) is 254 Å². The van der Waals surface area contributed by atoms with Gasteiger partial charge in [0.25, 0.3) is 0 Å². The van der Waals surface area contributed by atoms with Gasteiger partial charge in [-0.3, -0.25) is 33.6 Å². The number of carbonyl (C=O) groups is 7. The molecule has 5 unspecified atom stereocenters. The molecule has 0 bridgehead atoms. The van der Waals surface area contributed by atoms with Crippen LogP contribution in [0.3, 0.4) is 0 Å². The van der Waals surface area contributed by atoms with E-state index in [0.29, 0.717) is 6.29 Å². The lowest BCUT2D eigenvalue weighted by Gasteiger charge is -2.51. The number of nitrogens with zero attached hydrogens (tertiary/aromatic N) is 1. The van der Waals surface area contributed by atoms with Crippen molar-refractivity contribution in [3.63, 3.8) is 0 Å². The molecule has 21 heteroatoms. The van der Waals surface area contributed by atoms with Gasteiger partial charge in [-0.15, -0.1) is 0 Å². The van der Waals surface area contributed by atoms with Crippen LogP contribution in [0.5, 0.6) is 0 Å². The first kappa shape index (κ1) is 56.3. The van der Waals surface area contributed by atoms with Crippen LogP contribution in [0, 0.1) is 11.8 Å². The summed E-state index contributed by atoms with van der Waals surface area (Å²) in [6, 6.07) is -0.868. The van der Waals surface area contributed by atoms with Gasteiger partial charge in [0.2, 0.25) is 0 Å². The van der Waals surface area contributed by atoms with E-state index >= 15 is 0 Å². The summed E-state index contributed by atoms with van der Waals surface area (Å²) in [6.07, 6.45) is -14.0. The zero-order valence-corrected chi connectivity index (χ0v) is 39.6. The van der Waals surface area contributed by atoms with Gasteiger partial charge in [0.15, 0.2) is 49.1 Å². The number of esters is 5. The minimum Gasteiger partial charge on any atom is -0.481 e. The Hall–Kier alpha value is -3.83. The van der Waals surface area contributed by atoms with Crippen LogP contribution in [0.25, 0.3) is 0 Å². The third-order valence-corrected chi connectivity index (χ3v) is 11.2. The second-order valence-electron chi connectivity index (χ2n) is 16.6. The summed E-state index contributed by atoms with van der Waals surface area (Å²) in [4.78, 5) is 88.9. The quantitative estimate of drug-likeness (QED) is 0.0566. The van der Waals surface area contributed by atoms with E-state index in [9.17, 15) is 38.7 Å². The molecule has 1 N–H and O–H groups in total. The van der Waals surface area contributed by atoms with Gasteiger partial charge in [-0.25, -0.2) is 0 Å². The molecule has 15 atom stereocenters. The standard InChI is InChI=1S/C43H71NO20/c1-15-32(51)60-29(19-31(49)50)39(55-14)38(28(18-34(53-12)54-13)17-22(3)30(21-45)58-25(6)46)63-42-40(59-26(7)47)36(44(10)11)37(23(4)57-42)62-35-20-43(9,64-27(8)48)41(24(5)56-35)61-33(52)16-2/h21-24,28-30,34-42H,15-20H2,1-14H3,(H,49,50)/t22-,23?,24?,28-,29-,30-,35+,36?,37+,38+,39+,40?,41+,42+,43?/m1/s1. The van der Waals surface area contributed by atoms with Gasteiger partial charge in [-0.05, 0) is 47.2 Å². The maximum Gasteiger partial charge on any atom is 0.307 e. The van der Waals surface area contributed by atoms with Crippen LogP contribution in [0.1, 0.15) is 101 Å². The molecule has 0 saturated carbocycles. The summed E-state index contributed by atoms with van der Waals surface area (Å²) in [5, 5.41) is 10.0. The fourth-order valence-corrected chi connectivity index (χ4v) is 8.37. The summed E-state index contributed by atoms with van der Waals surface area (Å²) < 4.78 is 71.9. The zero-order valence-electron chi connectivity index (χ0n) is 39.6. The molecule has 0 aromatic heterocycles. The number of aldehydes is 1. The lowest BCUT2D eigenvalue weighted by atomic mass is 9.82. The molecule has 0 aliphatic carbocycles. The molecular weight excluding hydrogens is 850 g/mol. The number of likely N-dealkylation sites (N-methyl/N-ethyl adjacent to an activating group) is 1.